The summed E-state index contributed by atoms with van der Waals surface area (Å²) in [6, 6.07) is 8.50. The monoisotopic (exact) mass is 418 g/mol. The van der Waals surface area contributed by atoms with Crippen LogP contribution in [0.5, 0.6) is 0 Å². The van der Waals surface area contributed by atoms with Crippen LogP contribution in [0.15, 0.2) is 45.7 Å². The second-order valence-corrected chi connectivity index (χ2v) is 6.70. The van der Waals surface area contributed by atoms with Crippen molar-refractivity contribution in [3.63, 3.8) is 0 Å². The first-order valence-electron chi connectivity index (χ1n) is 6.89. The molecule has 1 heterocycles. The molecule has 0 aliphatic heterocycles. The first-order chi connectivity index (χ1) is 11.2. The van der Waals surface area contributed by atoms with Crippen molar-refractivity contribution >= 4 is 38.4 Å². The molecule has 0 N–H and O–H groups in total. The molecule has 0 bridgehead atoms. The number of aromatic nitrogens is 2. The smallest absolute Gasteiger partial charge is 0.278 e. The van der Waals surface area contributed by atoms with Crippen LogP contribution in [0.25, 0.3) is 10.9 Å². The molecule has 0 unspecified atom stereocenters. The summed E-state index contributed by atoms with van der Waals surface area (Å²) in [5.74, 6) is 0. The van der Waals surface area contributed by atoms with E-state index in [1.807, 2.05) is 0 Å². The third-order valence-corrected chi connectivity index (χ3v) is 4.55. The number of hydrogen-bond acceptors (Lipinski definition) is 1. The van der Waals surface area contributed by atoms with E-state index in [1.54, 1.807) is 18.2 Å². The first kappa shape index (κ1) is 17.1. The van der Waals surface area contributed by atoms with Crippen molar-refractivity contribution in [3.8, 4) is 0 Å². The Hall–Kier alpha value is -1.73. The van der Waals surface area contributed by atoms with Gasteiger partial charge in [-0.15, -0.1) is 0 Å². The fourth-order valence-electron chi connectivity index (χ4n) is 2.67. The van der Waals surface area contributed by atoms with E-state index in [9.17, 15) is 18.0 Å². The number of benzene rings is 2. The lowest BCUT2D eigenvalue weighted by molar-refractivity contribution is -0.138. The highest BCUT2D eigenvalue weighted by Crippen LogP contribution is 2.34. The quantitative estimate of drug-likeness (QED) is 0.585. The molecule has 8 heteroatoms. The molecule has 0 spiro atoms. The third kappa shape index (κ3) is 2.98. The van der Waals surface area contributed by atoms with E-state index in [0.29, 0.717) is 20.4 Å². The Morgan fingerprint density at radius 1 is 1.17 bits per heavy atom. The zero-order valence-corrected chi connectivity index (χ0v) is 14.7. The van der Waals surface area contributed by atoms with E-state index in [0.717, 1.165) is 6.07 Å². The van der Waals surface area contributed by atoms with Gasteiger partial charge in [0.1, 0.15) is 0 Å². The average molecular weight is 420 g/mol. The van der Waals surface area contributed by atoms with Gasteiger partial charge in [0.25, 0.3) is 5.56 Å². The Labute approximate surface area is 148 Å². The molecule has 24 heavy (non-hydrogen) atoms. The van der Waals surface area contributed by atoms with Crippen molar-refractivity contribution in [2.75, 3.05) is 0 Å². The summed E-state index contributed by atoms with van der Waals surface area (Å²) in [6.45, 7) is -0.107. The Bertz CT molecular complexity index is 991. The van der Waals surface area contributed by atoms with Gasteiger partial charge in [-0.05, 0) is 42.0 Å². The number of nitrogens with zero attached hydrogens (tertiary/aromatic N) is 2. The van der Waals surface area contributed by atoms with E-state index in [4.69, 9.17) is 11.6 Å². The number of fused-ring (bicyclic) bond motifs is 1. The Morgan fingerprint density at radius 3 is 2.54 bits per heavy atom. The zero-order valence-electron chi connectivity index (χ0n) is 12.4. The summed E-state index contributed by atoms with van der Waals surface area (Å²) in [7, 11) is 1.52. The van der Waals surface area contributed by atoms with Crippen LogP contribution in [0.3, 0.4) is 0 Å². The van der Waals surface area contributed by atoms with Gasteiger partial charge in [0, 0.05) is 16.5 Å². The highest BCUT2D eigenvalue weighted by molar-refractivity contribution is 9.10. The van der Waals surface area contributed by atoms with Gasteiger partial charge in [-0.1, -0.05) is 27.5 Å². The summed E-state index contributed by atoms with van der Waals surface area (Å²) in [6.07, 6.45) is -4.48. The molecule has 3 aromatic rings. The van der Waals surface area contributed by atoms with Gasteiger partial charge in [-0.25, -0.2) is 0 Å². The minimum absolute atomic E-state index is 0.0596. The maximum atomic E-state index is 13.3. The lowest BCUT2D eigenvalue weighted by Crippen LogP contribution is -2.21. The van der Waals surface area contributed by atoms with E-state index in [1.165, 1.54) is 28.5 Å². The van der Waals surface area contributed by atoms with E-state index in [2.05, 4.69) is 15.9 Å². The Kier molecular flexibility index (Phi) is 4.25. The summed E-state index contributed by atoms with van der Waals surface area (Å²) >= 11 is 9.17. The fourth-order valence-corrected chi connectivity index (χ4v) is 3.24. The largest absolute Gasteiger partial charge is 0.416 e. The molecule has 126 valence electrons. The molecule has 0 aliphatic rings. The second kappa shape index (κ2) is 5.97. The van der Waals surface area contributed by atoms with Crippen molar-refractivity contribution in [1.29, 1.82) is 0 Å². The normalized spacial score (nSPS) is 12.1. The van der Waals surface area contributed by atoms with Crippen LogP contribution in [-0.4, -0.2) is 9.36 Å². The van der Waals surface area contributed by atoms with Gasteiger partial charge < -0.3 is 0 Å². The highest BCUT2D eigenvalue weighted by atomic mass is 79.9. The topological polar surface area (TPSA) is 26.9 Å². The molecular formula is C16H11BrClF3N2O. The minimum Gasteiger partial charge on any atom is -0.278 e. The Balaban J connectivity index is 2.22. The van der Waals surface area contributed by atoms with Crippen LogP contribution in [0.1, 0.15) is 11.1 Å². The maximum absolute atomic E-state index is 13.3. The molecule has 1 aromatic heterocycles. The van der Waals surface area contributed by atoms with Crippen molar-refractivity contribution < 1.29 is 13.2 Å². The third-order valence-electron chi connectivity index (χ3n) is 3.82. The second-order valence-electron chi connectivity index (χ2n) is 5.35. The molecule has 0 aliphatic carbocycles. The van der Waals surface area contributed by atoms with Crippen molar-refractivity contribution in [2.45, 2.75) is 12.7 Å². The molecule has 0 atom stereocenters. The van der Waals surface area contributed by atoms with Crippen molar-refractivity contribution in [2.24, 2.45) is 7.05 Å². The molecular weight excluding hydrogens is 409 g/mol. The van der Waals surface area contributed by atoms with Crippen LogP contribution in [0, 0.1) is 0 Å². The molecule has 0 saturated heterocycles. The number of halogens is 5. The highest BCUT2D eigenvalue weighted by Gasteiger charge is 2.33. The van der Waals surface area contributed by atoms with Gasteiger partial charge in [-0.2, -0.15) is 13.2 Å². The molecule has 0 radical (unpaired) electrons. The van der Waals surface area contributed by atoms with Gasteiger partial charge in [-0.3, -0.25) is 14.2 Å². The lowest BCUT2D eigenvalue weighted by Gasteiger charge is -2.16. The maximum Gasteiger partial charge on any atom is 0.416 e. The summed E-state index contributed by atoms with van der Waals surface area (Å²) in [5, 5.41) is 0.817. The van der Waals surface area contributed by atoms with Crippen LogP contribution in [0.4, 0.5) is 13.2 Å². The molecule has 2 aromatic carbocycles. The number of rotatable bonds is 2. The van der Waals surface area contributed by atoms with Crippen LogP contribution in [0.2, 0.25) is 5.02 Å². The summed E-state index contributed by atoms with van der Waals surface area (Å²) in [4.78, 5) is 12.3. The van der Waals surface area contributed by atoms with E-state index < -0.39 is 11.7 Å². The van der Waals surface area contributed by atoms with Crippen LogP contribution >= 0.6 is 27.5 Å². The number of hydrogen-bond donors (Lipinski definition) is 0. The van der Waals surface area contributed by atoms with Gasteiger partial charge in [0.2, 0.25) is 0 Å². The van der Waals surface area contributed by atoms with Crippen molar-refractivity contribution in [3.05, 3.63) is 67.4 Å². The molecule has 0 fully saturated rings. The standard InChI is InChI=1S/C16H11BrClF3N2O/c1-22-15(24)12-4-3-11(18)7-14(12)23(22)8-9-6-10(17)2-5-13(9)16(19,20)21/h2-7H,8H2,1H3. The molecule has 0 amide bonds. The molecule has 3 rings (SSSR count). The average Bonchev–Trinajstić information content (AvgIpc) is 2.71. The summed E-state index contributed by atoms with van der Waals surface area (Å²) < 4.78 is 43.1. The molecule has 0 saturated carbocycles. The Morgan fingerprint density at radius 2 is 1.88 bits per heavy atom. The van der Waals surface area contributed by atoms with Crippen LogP contribution < -0.4 is 5.56 Å². The van der Waals surface area contributed by atoms with E-state index in [-0.39, 0.29) is 17.7 Å². The fraction of sp³-hybridized carbons (Fsp3) is 0.188. The molecule has 3 nitrogen and oxygen atoms in total. The van der Waals surface area contributed by atoms with Crippen LogP contribution in [-0.2, 0) is 19.8 Å². The van der Waals surface area contributed by atoms with E-state index >= 15 is 0 Å². The minimum atomic E-state index is -4.48. The SMILES string of the molecule is Cn1c(=O)c2ccc(Cl)cc2n1Cc1cc(Br)ccc1C(F)(F)F. The number of alkyl halides is 3. The predicted octanol–water partition coefficient (Wildman–Crippen LogP) is 4.82. The zero-order chi connectivity index (χ0) is 17.6. The predicted molar refractivity (Wildman–Crippen MR) is 90.4 cm³/mol. The van der Waals surface area contributed by atoms with Gasteiger partial charge in [0.05, 0.1) is 23.0 Å². The van der Waals surface area contributed by atoms with Crippen molar-refractivity contribution in [1.82, 2.24) is 9.36 Å². The summed E-state index contributed by atoms with van der Waals surface area (Å²) in [5.41, 5.74) is -0.473. The first-order valence-corrected chi connectivity index (χ1v) is 8.06. The lowest BCUT2D eigenvalue weighted by atomic mass is 10.1. The van der Waals surface area contributed by atoms with Gasteiger partial charge >= 0.3 is 6.18 Å². The van der Waals surface area contributed by atoms with Gasteiger partial charge in [0.15, 0.2) is 0 Å².